The number of rotatable bonds is 10. The molecule has 0 radical (unpaired) electrons. The summed E-state index contributed by atoms with van der Waals surface area (Å²) in [7, 11) is 0. The molecule has 0 aliphatic carbocycles. The van der Waals surface area contributed by atoms with Crippen molar-refractivity contribution in [2.45, 2.75) is 50.6 Å². The molecule has 1 aliphatic heterocycles. The Hall–Kier alpha value is -2.61. The highest BCUT2D eigenvalue weighted by atomic mass is 19.1. The van der Waals surface area contributed by atoms with Crippen molar-refractivity contribution in [3.63, 3.8) is 0 Å². The summed E-state index contributed by atoms with van der Waals surface area (Å²) in [6.45, 7) is 0.958. The van der Waals surface area contributed by atoms with Gasteiger partial charge in [0.05, 0.1) is 26.4 Å². The maximum atomic E-state index is 15.1. The Bertz CT molecular complexity index is 941. The lowest BCUT2D eigenvalue weighted by Gasteiger charge is -2.41. The first-order valence-electron chi connectivity index (χ1n) is 11.1. The van der Waals surface area contributed by atoms with Gasteiger partial charge in [-0.2, -0.15) is 0 Å². The smallest absolute Gasteiger partial charge is 0.189 e. The van der Waals surface area contributed by atoms with Crippen molar-refractivity contribution < 1.29 is 28.4 Å². The van der Waals surface area contributed by atoms with Crippen LogP contribution in [0.15, 0.2) is 91.0 Å². The standard InChI is InChI=1S/C27H29FO5/c28-24-26(32-18-22-14-8-3-9-15-22)25(31-17-21-12-6-2-7-13-21)23(33-27(24)29)19-30-16-20-10-4-1-5-11-20/h1-15,23-27,29H,16-19H2/t23-,24-,25-,26-,27?/m1/s1. The molecule has 1 saturated heterocycles. The molecular formula is C27H29FO5. The van der Waals surface area contributed by atoms with Crippen LogP contribution in [0.4, 0.5) is 4.39 Å². The zero-order valence-corrected chi connectivity index (χ0v) is 18.3. The van der Waals surface area contributed by atoms with E-state index in [1.54, 1.807) is 0 Å². The molecule has 0 amide bonds. The first-order valence-corrected chi connectivity index (χ1v) is 11.1. The van der Waals surface area contributed by atoms with Gasteiger partial charge in [-0.1, -0.05) is 91.0 Å². The van der Waals surface area contributed by atoms with E-state index in [9.17, 15) is 5.11 Å². The van der Waals surface area contributed by atoms with Crippen LogP contribution in [0.2, 0.25) is 0 Å². The molecule has 174 valence electrons. The highest BCUT2D eigenvalue weighted by molar-refractivity contribution is 5.15. The molecular weight excluding hydrogens is 423 g/mol. The van der Waals surface area contributed by atoms with Gasteiger partial charge in [0.2, 0.25) is 0 Å². The van der Waals surface area contributed by atoms with Crippen LogP contribution in [0.25, 0.3) is 0 Å². The minimum absolute atomic E-state index is 0.128. The van der Waals surface area contributed by atoms with Crippen LogP contribution in [0.3, 0.4) is 0 Å². The van der Waals surface area contributed by atoms with E-state index in [0.717, 1.165) is 16.7 Å². The van der Waals surface area contributed by atoms with E-state index in [2.05, 4.69) is 0 Å². The van der Waals surface area contributed by atoms with Gasteiger partial charge in [0.15, 0.2) is 12.5 Å². The minimum Gasteiger partial charge on any atom is -0.374 e. The molecule has 0 saturated carbocycles. The summed E-state index contributed by atoms with van der Waals surface area (Å²) in [5.74, 6) is 0. The molecule has 1 heterocycles. The zero-order chi connectivity index (χ0) is 22.9. The third-order valence-corrected chi connectivity index (χ3v) is 5.55. The number of hydrogen-bond donors (Lipinski definition) is 1. The molecule has 4 rings (SSSR count). The van der Waals surface area contributed by atoms with Crippen LogP contribution in [0.1, 0.15) is 16.7 Å². The van der Waals surface area contributed by atoms with Gasteiger partial charge in [0, 0.05) is 0 Å². The van der Waals surface area contributed by atoms with Crippen molar-refractivity contribution in [1.82, 2.24) is 0 Å². The summed E-state index contributed by atoms with van der Waals surface area (Å²) in [5, 5.41) is 10.2. The summed E-state index contributed by atoms with van der Waals surface area (Å²) in [6.07, 6.45) is -5.83. The highest BCUT2D eigenvalue weighted by Crippen LogP contribution is 2.29. The molecule has 1 unspecified atom stereocenters. The van der Waals surface area contributed by atoms with Crippen molar-refractivity contribution in [3.05, 3.63) is 108 Å². The van der Waals surface area contributed by atoms with Gasteiger partial charge in [0.25, 0.3) is 0 Å². The molecule has 6 heteroatoms. The average Bonchev–Trinajstić information content (AvgIpc) is 2.86. The number of alkyl halides is 1. The molecule has 0 spiro atoms. The van der Waals surface area contributed by atoms with E-state index in [0.29, 0.717) is 6.61 Å². The molecule has 1 aliphatic rings. The van der Waals surface area contributed by atoms with Gasteiger partial charge < -0.3 is 24.1 Å². The quantitative estimate of drug-likeness (QED) is 0.493. The van der Waals surface area contributed by atoms with Gasteiger partial charge in [-0.15, -0.1) is 0 Å². The Morgan fingerprint density at radius 2 is 1.12 bits per heavy atom. The van der Waals surface area contributed by atoms with Crippen LogP contribution in [0.5, 0.6) is 0 Å². The van der Waals surface area contributed by atoms with Crippen LogP contribution in [-0.2, 0) is 38.8 Å². The van der Waals surface area contributed by atoms with E-state index >= 15 is 4.39 Å². The van der Waals surface area contributed by atoms with E-state index in [4.69, 9.17) is 18.9 Å². The molecule has 3 aromatic rings. The molecule has 33 heavy (non-hydrogen) atoms. The summed E-state index contributed by atoms with van der Waals surface area (Å²) in [5.41, 5.74) is 2.87. The first kappa shape index (κ1) is 23.5. The average molecular weight is 453 g/mol. The molecule has 5 atom stereocenters. The minimum atomic E-state index is -1.75. The summed E-state index contributed by atoms with van der Waals surface area (Å²) < 4.78 is 38.5. The maximum absolute atomic E-state index is 15.1. The van der Waals surface area contributed by atoms with Gasteiger partial charge in [-0.3, -0.25) is 0 Å². The fourth-order valence-corrected chi connectivity index (χ4v) is 3.81. The largest absolute Gasteiger partial charge is 0.374 e. The number of ether oxygens (including phenoxy) is 4. The third kappa shape index (κ3) is 6.69. The van der Waals surface area contributed by atoms with Gasteiger partial charge in [-0.25, -0.2) is 4.39 Å². The molecule has 5 nitrogen and oxygen atoms in total. The van der Waals surface area contributed by atoms with Crippen LogP contribution < -0.4 is 0 Å². The van der Waals surface area contributed by atoms with Gasteiger partial charge in [-0.05, 0) is 16.7 Å². The van der Waals surface area contributed by atoms with E-state index < -0.39 is 30.8 Å². The number of hydrogen-bond acceptors (Lipinski definition) is 5. The highest BCUT2D eigenvalue weighted by Gasteiger charge is 2.47. The van der Waals surface area contributed by atoms with Gasteiger partial charge >= 0.3 is 0 Å². The van der Waals surface area contributed by atoms with E-state index in [-0.39, 0.29) is 19.8 Å². The first-order chi connectivity index (χ1) is 16.2. The summed E-state index contributed by atoms with van der Waals surface area (Å²) in [4.78, 5) is 0. The lowest BCUT2D eigenvalue weighted by Crippen LogP contribution is -2.59. The monoisotopic (exact) mass is 452 g/mol. The van der Waals surface area contributed by atoms with E-state index in [1.165, 1.54) is 0 Å². The second kappa shape index (κ2) is 12.0. The maximum Gasteiger partial charge on any atom is 0.189 e. The lowest BCUT2D eigenvalue weighted by molar-refractivity contribution is -0.293. The predicted molar refractivity (Wildman–Crippen MR) is 122 cm³/mol. The third-order valence-electron chi connectivity index (χ3n) is 5.55. The Morgan fingerprint density at radius 1 is 0.667 bits per heavy atom. The second-order valence-electron chi connectivity index (χ2n) is 8.03. The molecule has 0 aromatic heterocycles. The Kier molecular flexibility index (Phi) is 8.58. The fourth-order valence-electron chi connectivity index (χ4n) is 3.81. The topological polar surface area (TPSA) is 57.2 Å². The Morgan fingerprint density at radius 3 is 1.64 bits per heavy atom. The number of benzene rings is 3. The Balaban J connectivity index is 1.46. The number of aliphatic hydroxyl groups is 1. The molecule has 1 N–H and O–H groups in total. The fraction of sp³-hybridized carbons (Fsp3) is 0.333. The summed E-state index contributed by atoms with van der Waals surface area (Å²) >= 11 is 0. The normalized spacial score (nSPS) is 25.1. The second-order valence-corrected chi connectivity index (χ2v) is 8.03. The van der Waals surface area contributed by atoms with Crippen molar-refractivity contribution >= 4 is 0 Å². The van der Waals surface area contributed by atoms with Crippen LogP contribution in [-0.4, -0.2) is 42.5 Å². The number of aliphatic hydroxyl groups excluding tert-OH is 1. The lowest BCUT2D eigenvalue weighted by atomic mass is 9.99. The van der Waals surface area contributed by atoms with E-state index in [1.807, 2.05) is 91.0 Å². The van der Waals surface area contributed by atoms with Crippen molar-refractivity contribution in [2.24, 2.45) is 0 Å². The van der Waals surface area contributed by atoms with Crippen molar-refractivity contribution in [1.29, 1.82) is 0 Å². The van der Waals surface area contributed by atoms with Crippen molar-refractivity contribution in [2.75, 3.05) is 6.61 Å². The Labute approximate surface area is 193 Å². The molecule has 3 aromatic carbocycles. The predicted octanol–water partition coefficient (Wildman–Crippen LogP) is 4.43. The van der Waals surface area contributed by atoms with Crippen LogP contribution in [0, 0.1) is 0 Å². The zero-order valence-electron chi connectivity index (χ0n) is 18.3. The SMILES string of the molecule is OC1O[C@H](COCc2ccccc2)[C@@H](OCc2ccccc2)[C@H](OCc2ccccc2)[C@H]1F. The molecule has 1 fully saturated rings. The molecule has 0 bridgehead atoms. The number of halogens is 1. The van der Waals surface area contributed by atoms with Crippen LogP contribution >= 0.6 is 0 Å². The summed E-state index contributed by atoms with van der Waals surface area (Å²) in [6, 6.07) is 28.9. The van der Waals surface area contributed by atoms with Gasteiger partial charge in [0.1, 0.15) is 18.3 Å². The van der Waals surface area contributed by atoms with Crippen molar-refractivity contribution in [3.8, 4) is 0 Å².